The van der Waals surface area contributed by atoms with Gasteiger partial charge in [0.25, 0.3) is 5.91 Å². The van der Waals surface area contributed by atoms with Gasteiger partial charge in [-0.1, -0.05) is 29.4 Å². The van der Waals surface area contributed by atoms with Crippen LogP contribution in [-0.4, -0.2) is 36.2 Å². The lowest BCUT2D eigenvalue weighted by molar-refractivity contribution is 0.0914. The number of thiophene rings is 1. The molecule has 1 fully saturated rings. The Morgan fingerprint density at radius 2 is 2.10 bits per heavy atom. The minimum absolute atomic E-state index is 0.217. The Kier molecular flexibility index (Phi) is 6.27. The molecule has 0 spiro atoms. The number of nitrogens with zero attached hydrogens (tertiary/aromatic N) is 2. The topological polar surface area (TPSA) is 67.6 Å². The third-order valence-corrected chi connectivity index (χ3v) is 6.22. The van der Waals surface area contributed by atoms with Crippen molar-refractivity contribution in [1.82, 2.24) is 15.4 Å². The number of aromatic nitrogens is 1. The van der Waals surface area contributed by atoms with E-state index in [0.29, 0.717) is 12.5 Å². The predicted octanol–water partition coefficient (Wildman–Crippen LogP) is 4.05. The van der Waals surface area contributed by atoms with Crippen LogP contribution >= 0.6 is 11.3 Å². The molecule has 29 heavy (non-hydrogen) atoms. The smallest absolute Gasteiger partial charge is 0.290 e. The van der Waals surface area contributed by atoms with E-state index in [-0.39, 0.29) is 11.7 Å². The molecule has 1 aromatic carbocycles. The number of carbonyl (C=O) groups excluding carboxylic acids is 1. The Morgan fingerprint density at radius 3 is 2.86 bits per heavy atom. The fourth-order valence-electron chi connectivity index (χ4n) is 3.72. The van der Waals surface area contributed by atoms with Gasteiger partial charge in [-0.25, -0.2) is 0 Å². The van der Waals surface area contributed by atoms with Gasteiger partial charge < -0.3 is 14.6 Å². The number of carbonyl (C=O) groups is 1. The predicted molar refractivity (Wildman–Crippen MR) is 112 cm³/mol. The summed E-state index contributed by atoms with van der Waals surface area (Å²) in [7, 11) is 1.71. The highest BCUT2D eigenvalue weighted by Gasteiger charge is 2.25. The van der Waals surface area contributed by atoms with Crippen molar-refractivity contribution in [2.75, 3.05) is 20.2 Å². The van der Waals surface area contributed by atoms with Crippen molar-refractivity contribution >= 4 is 17.2 Å². The molecule has 0 unspecified atom stereocenters. The Morgan fingerprint density at radius 1 is 1.28 bits per heavy atom. The summed E-state index contributed by atoms with van der Waals surface area (Å²) >= 11 is 1.62. The number of piperidine rings is 1. The number of nitrogens with one attached hydrogen (secondary N) is 1. The first-order chi connectivity index (χ1) is 14.2. The average molecular weight is 412 g/mol. The monoisotopic (exact) mass is 411 g/mol. The zero-order chi connectivity index (χ0) is 20.1. The second kappa shape index (κ2) is 9.24. The Labute approximate surface area is 174 Å². The van der Waals surface area contributed by atoms with Crippen LogP contribution in [-0.2, 0) is 13.1 Å². The molecule has 0 atom stereocenters. The van der Waals surface area contributed by atoms with E-state index in [4.69, 9.17) is 9.26 Å². The van der Waals surface area contributed by atoms with E-state index in [1.54, 1.807) is 24.5 Å². The second-order valence-electron chi connectivity index (χ2n) is 7.24. The maximum atomic E-state index is 12.3. The van der Waals surface area contributed by atoms with E-state index in [0.717, 1.165) is 48.8 Å². The number of rotatable bonds is 7. The molecule has 0 saturated carbocycles. The standard InChI is InChI=1S/C22H25N3O3S/c1-27-20-7-3-2-5-17(20)15-25-10-8-16(9-11-25)19-13-21(28-24-19)22(26)23-14-18-6-4-12-29-18/h2-7,12-13,16H,8-11,14-15H2,1H3,(H,23,26). The minimum atomic E-state index is -0.217. The summed E-state index contributed by atoms with van der Waals surface area (Å²) < 4.78 is 10.8. The molecule has 1 saturated heterocycles. The number of benzene rings is 1. The first-order valence-corrected chi connectivity index (χ1v) is 10.7. The zero-order valence-corrected chi connectivity index (χ0v) is 17.3. The van der Waals surface area contributed by atoms with E-state index in [1.165, 1.54) is 5.56 Å². The molecule has 0 bridgehead atoms. The summed E-state index contributed by atoms with van der Waals surface area (Å²) in [5.74, 6) is 1.33. The second-order valence-corrected chi connectivity index (χ2v) is 8.27. The summed E-state index contributed by atoms with van der Waals surface area (Å²) in [5.41, 5.74) is 2.09. The number of likely N-dealkylation sites (tertiary alicyclic amines) is 1. The molecule has 0 radical (unpaired) electrons. The number of amides is 1. The normalized spacial score (nSPS) is 15.3. The zero-order valence-electron chi connectivity index (χ0n) is 16.5. The number of para-hydroxylation sites is 1. The van der Waals surface area contributed by atoms with Gasteiger partial charge in [-0.05, 0) is 43.4 Å². The van der Waals surface area contributed by atoms with Crippen molar-refractivity contribution < 1.29 is 14.1 Å². The van der Waals surface area contributed by atoms with Crippen LogP contribution in [0.4, 0.5) is 0 Å². The van der Waals surface area contributed by atoms with Gasteiger partial charge in [0.1, 0.15) is 5.75 Å². The van der Waals surface area contributed by atoms with Crippen LogP contribution in [0.15, 0.2) is 52.4 Å². The molecule has 4 rings (SSSR count). The van der Waals surface area contributed by atoms with Crippen LogP contribution in [0.25, 0.3) is 0 Å². The van der Waals surface area contributed by atoms with E-state index >= 15 is 0 Å². The third kappa shape index (κ3) is 4.86. The Hall–Kier alpha value is -2.64. The van der Waals surface area contributed by atoms with Gasteiger partial charge in [0.05, 0.1) is 19.3 Å². The summed E-state index contributed by atoms with van der Waals surface area (Å²) in [5, 5.41) is 9.05. The van der Waals surface area contributed by atoms with E-state index < -0.39 is 0 Å². The first-order valence-electron chi connectivity index (χ1n) is 9.84. The van der Waals surface area contributed by atoms with Gasteiger partial charge in [-0.3, -0.25) is 9.69 Å². The number of ether oxygens (including phenoxy) is 1. The molecule has 1 amide bonds. The highest BCUT2D eigenvalue weighted by Crippen LogP contribution is 2.29. The van der Waals surface area contributed by atoms with Crippen LogP contribution in [0.1, 0.15) is 45.4 Å². The van der Waals surface area contributed by atoms with E-state index in [9.17, 15) is 4.79 Å². The highest BCUT2D eigenvalue weighted by molar-refractivity contribution is 7.09. The summed E-state index contributed by atoms with van der Waals surface area (Å²) in [6.07, 6.45) is 2.00. The Bertz CT molecular complexity index is 930. The van der Waals surface area contributed by atoms with Crippen LogP contribution in [0, 0.1) is 0 Å². The number of hydrogen-bond acceptors (Lipinski definition) is 6. The van der Waals surface area contributed by atoms with Crippen molar-refractivity contribution in [2.45, 2.75) is 31.8 Å². The molecule has 7 heteroatoms. The third-order valence-electron chi connectivity index (χ3n) is 5.35. The fourth-order valence-corrected chi connectivity index (χ4v) is 4.36. The van der Waals surface area contributed by atoms with Crippen molar-refractivity contribution in [3.05, 3.63) is 69.7 Å². The lowest BCUT2D eigenvalue weighted by atomic mass is 9.93. The summed E-state index contributed by atoms with van der Waals surface area (Å²) in [6.45, 7) is 3.35. The van der Waals surface area contributed by atoms with Gasteiger partial charge in [0.15, 0.2) is 0 Å². The molecule has 1 N–H and O–H groups in total. The summed E-state index contributed by atoms with van der Waals surface area (Å²) in [6, 6.07) is 13.9. The molecule has 3 heterocycles. The quantitative estimate of drug-likeness (QED) is 0.635. The molecular formula is C22H25N3O3S. The van der Waals surface area contributed by atoms with Crippen molar-refractivity contribution in [3.63, 3.8) is 0 Å². The van der Waals surface area contributed by atoms with Crippen molar-refractivity contribution in [3.8, 4) is 5.75 Å². The average Bonchev–Trinajstić information content (AvgIpc) is 3.45. The lowest BCUT2D eigenvalue weighted by Crippen LogP contribution is -2.32. The van der Waals surface area contributed by atoms with E-state index in [2.05, 4.69) is 21.4 Å². The van der Waals surface area contributed by atoms with Crippen LogP contribution in [0.2, 0.25) is 0 Å². The Balaban J connectivity index is 1.29. The van der Waals surface area contributed by atoms with Gasteiger partial charge in [-0.15, -0.1) is 11.3 Å². The van der Waals surface area contributed by atoms with Gasteiger partial charge in [0, 0.05) is 29.0 Å². The first kappa shape index (κ1) is 19.7. The molecule has 6 nitrogen and oxygen atoms in total. The molecule has 1 aliphatic rings. The van der Waals surface area contributed by atoms with Crippen LogP contribution in [0.3, 0.4) is 0 Å². The molecule has 1 aliphatic heterocycles. The van der Waals surface area contributed by atoms with Gasteiger partial charge >= 0.3 is 0 Å². The van der Waals surface area contributed by atoms with Gasteiger partial charge in [-0.2, -0.15) is 0 Å². The molecule has 3 aromatic rings. The van der Waals surface area contributed by atoms with E-state index in [1.807, 2.05) is 35.7 Å². The number of hydrogen-bond donors (Lipinski definition) is 1. The summed E-state index contributed by atoms with van der Waals surface area (Å²) in [4.78, 5) is 15.8. The van der Waals surface area contributed by atoms with Crippen molar-refractivity contribution in [1.29, 1.82) is 0 Å². The molecule has 152 valence electrons. The van der Waals surface area contributed by atoms with Crippen LogP contribution < -0.4 is 10.1 Å². The lowest BCUT2D eigenvalue weighted by Gasteiger charge is -2.31. The minimum Gasteiger partial charge on any atom is -0.496 e. The molecular weight excluding hydrogens is 386 g/mol. The maximum Gasteiger partial charge on any atom is 0.290 e. The van der Waals surface area contributed by atoms with Crippen molar-refractivity contribution in [2.24, 2.45) is 0 Å². The highest BCUT2D eigenvalue weighted by atomic mass is 32.1. The maximum absolute atomic E-state index is 12.3. The van der Waals surface area contributed by atoms with Gasteiger partial charge in [0.2, 0.25) is 5.76 Å². The largest absolute Gasteiger partial charge is 0.496 e. The SMILES string of the molecule is COc1ccccc1CN1CCC(c2cc(C(=O)NCc3cccs3)on2)CC1. The molecule has 2 aromatic heterocycles. The fraction of sp³-hybridized carbons (Fsp3) is 0.364. The van der Waals surface area contributed by atoms with Crippen LogP contribution in [0.5, 0.6) is 5.75 Å². The molecule has 0 aliphatic carbocycles. The number of methoxy groups -OCH3 is 1.